The van der Waals surface area contributed by atoms with Gasteiger partial charge in [-0.15, -0.1) is 5.10 Å². The third kappa shape index (κ3) is 4.07. The molecule has 0 spiro atoms. The third-order valence-corrected chi connectivity index (χ3v) is 4.98. The van der Waals surface area contributed by atoms with Gasteiger partial charge in [-0.05, 0) is 55.3 Å². The summed E-state index contributed by atoms with van der Waals surface area (Å²) in [5, 5.41) is 7.05. The molecule has 9 heteroatoms. The Morgan fingerprint density at radius 3 is 2.48 bits per heavy atom. The summed E-state index contributed by atoms with van der Waals surface area (Å²) in [5.74, 6) is -0.887. The minimum Gasteiger partial charge on any atom is -0.350 e. The average molecular weight is 419 g/mol. The van der Waals surface area contributed by atoms with Gasteiger partial charge in [0.2, 0.25) is 0 Å². The second-order valence-corrected chi connectivity index (χ2v) is 7.22. The number of amides is 1. The van der Waals surface area contributed by atoms with Crippen molar-refractivity contribution in [3.63, 3.8) is 0 Å². The third-order valence-electron chi connectivity index (χ3n) is 4.67. The quantitative estimate of drug-likeness (QED) is 0.667. The second-order valence-electron chi connectivity index (χ2n) is 6.82. The van der Waals surface area contributed by atoms with E-state index in [1.807, 2.05) is 0 Å². The average Bonchev–Trinajstić information content (AvgIpc) is 3.46. The molecular formula is C20H17ClF2N4O2. The van der Waals surface area contributed by atoms with Gasteiger partial charge in [-0.3, -0.25) is 9.36 Å². The first-order valence-electron chi connectivity index (χ1n) is 9.12. The van der Waals surface area contributed by atoms with Crippen molar-refractivity contribution in [3.8, 4) is 11.4 Å². The molecule has 1 saturated carbocycles. The Bertz CT molecular complexity index is 1120. The van der Waals surface area contributed by atoms with Gasteiger partial charge in [0.15, 0.2) is 5.82 Å². The molecule has 0 aliphatic heterocycles. The lowest BCUT2D eigenvalue weighted by atomic mass is 10.2. The normalized spacial score (nSPS) is 13.5. The molecule has 1 amide bonds. The van der Waals surface area contributed by atoms with Gasteiger partial charge in [-0.25, -0.2) is 18.3 Å². The molecular weight excluding hydrogens is 402 g/mol. The highest BCUT2D eigenvalue weighted by atomic mass is 35.5. The lowest BCUT2D eigenvalue weighted by Crippen LogP contribution is -2.32. The standard InChI is InChI=1S/C20H17ClF2N4O2/c21-17-11-14(23)5-8-16(17)19(28)24-9-10-26-20(29)27(15-6-7-15)18(25-26)12-1-3-13(22)4-2-12/h1-5,8,11,15H,6-7,9-10H2,(H,24,28). The van der Waals surface area contributed by atoms with E-state index in [0.717, 1.165) is 25.0 Å². The Balaban J connectivity index is 1.50. The summed E-state index contributed by atoms with van der Waals surface area (Å²) in [6, 6.07) is 9.41. The summed E-state index contributed by atoms with van der Waals surface area (Å²) in [4.78, 5) is 25.0. The van der Waals surface area contributed by atoms with Crippen molar-refractivity contribution in [1.82, 2.24) is 19.7 Å². The summed E-state index contributed by atoms with van der Waals surface area (Å²) in [7, 11) is 0. The molecule has 1 fully saturated rings. The first-order valence-corrected chi connectivity index (χ1v) is 9.50. The van der Waals surface area contributed by atoms with Crippen LogP contribution in [-0.4, -0.2) is 26.8 Å². The molecule has 0 saturated heterocycles. The van der Waals surface area contributed by atoms with E-state index in [2.05, 4.69) is 10.4 Å². The van der Waals surface area contributed by atoms with Crippen molar-refractivity contribution in [2.24, 2.45) is 0 Å². The van der Waals surface area contributed by atoms with Gasteiger partial charge in [-0.1, -0.05) is 11.6 Å². The smallest absolute Gasteiger partial charge is 0.346 e. The van der Waals surface area contributed by atoms with E-state index in [0.29, 0.717) is 11.4 Å². The van der Waals surface area contributed by atoms with Gasteiger partial charge in [0.25, 0.3) is 5.91 Å². The van der Waals surface area contributed by atoms with Crippen molar-refractivity contribution >= 4 is 17.5 Å². The van der Waals surface area contributed by atoms with E-state index in [-0.39, 0.29) is 41.2 Å². The zero-order valence-electron chi connectivity index (χ0n) is 15.2. The maximum absolute atomic E-state index is 13.2. The predicted molar refractivity (Wildman–Crippen MR) is 104 cm³/mol. The number of carbonyl (C=O) groups is 1. The van der Waals surface area contributed by atoms with Crippen molar-refractivity contribution in [2.75, 3.05) is 6.54 Å². The fourth-order valence-electron chi connectivity index (χ4n) is 3.07. The van der Waals surface area contributed by atoms with Gasteiger partial charge in [0.05, 0.1) is 17.1 Å². The Hall–Kier alpha value is -3.00. The van der Waals surface area contributed by atoms with Gasteiger partial charge < -0.3 is 5.32 Å². The lowest BCUT2D eigenvalue weighted by Gasteiger charge is -2.06. The van der Waals surface area contributed by atoms with Crippen LogP contribution in [0.2, 0.25) is 5.02 Å². The molecule has 0 unspecified atom stereocenters. The van der Waals surface area contributed by atoms with Crippen LogP contribution in [0.5, 0.6) is 0 Å². The molecule has 2 aromatic carbocycles. The summed E-state index contributed by atoms with van der Waals surface area (Å²) < 4.78 is 29.2. The summed E-state index contributed by atoms with van der Waals surface area (Å²) in [6.07, 6.45) is 1.78. The molecule has 3 aromatic rings. The SMILES string of the molecule is O=C(NCCn1nc(-c2ccc(F)cc2)n(C2CC2)c1=O)c1ccc(F)cc1Cl. The summed E-state index contributed by atoms with van der Waals surface area (Å²) in [6.45, 7) is 0.286. The lowest BCUT2D eigenvalue weighted by molar-refractivity contribution is 0.0952. The second kappa shape index (κ2) is 7.79. The largest absolute Gasteiger partial charge is 0.350 e. The molecule has 1 N–H and O–H groups in total. The van der Waals surface area contributed by atoms with Gasteiger partial charge >= 0.3 is 5.69 Å². The Morgan fingerprint density at radius 2 is 1.83 bits per heavy atom. The number of aromatic nitrogens is 3. The van der Waals surface area contributed by atoms with Crippen molar-refractivity contribution in [1.29, 1.82) is 0 Å². The maximum atomic E-state index is 13.2. The number of hydrogen-bond acceptors (Lipinski definition) is 3. The van der Waals surface area contributed by atoms with Crippen LogP contribution < -0.4 is 11.0 Å². The maximum Gasteiger partial charge on any atom is 0.346 e. The number of halogens is 3. The van der Waals surface area contributed by atoms with E-state index in [9.17, 15) is 18.4 Å². The molecule has 1 aliphatic rings. The van der Waals surface area contributed by atoms with Crippen LogP contribution in [0.3, 0.4) is 0 Å². The number of hydrogen-bond donors (Lipinski definition) is 1. The van der Waals surface area contributed by atoms with E-state index in [1.54, 1.807) is 16.7 Å². The van der Waals surface area contributed by atoms with E-state index in [1.165, 1.54) is 22.9 Å². The minimum absolute atomic E-state index is 0.0104. The fraction of sp³-hybridized carbons (Fsp3) is 0.250. The molecule has 1 heterocycles. The fourth-order valence-corrected chi connectivity index (χ4v) is 3.32. The Morgan fingerprint density at radius 1 is 1.14 bits per heavy atom. The molecule has 29 heavy (non-hydrogen) atoms. The number of carbonyl (C=O) groups excluding carboxylic acids is 1. The first kappa shape index (κ1) is 19.3. The van der Waals surface area contributed by atoms with Crippen LogP contribution >= 0.6 is 11.6 Å². The van der Waals surface area contributed by atoms with Crippen LogP contribution in [0.1, 0.15) is 29.2 Å². The summed E-state index contributed by atoms with van der Waals surface area (Å²) >= 11 is 5.89. The zero-order chi connectivity index (χ0) is 20.5. The van der Waals surface area contributed by atoms with Crippen LogP contribution in [0.4, 0.5) is 8.78 Å². The highest BCUT2D eigenvalue weighted by molar-refractivity contribution is 6.33. The zero-order valence-corrected chi connectivity index (χ0v) is 16.0. The van der Waals surface area contributed by atoms with Crippen LogP contribution in [0.25, 0.3) is 11.4 Å². The number of nitrogens with zero attached hydrogens (tertiary/aromatic N) is 3. The number of benzene rings is 2. The predicted octanol–water partition coefficient (Wildman–Crippen LogP) is 3.41. The Labute approximate surface area is 169 Å². The molecule has 1 aromatic heterocycles. The van der Waals surface area contributed by atoms with Crippen molar-refractivity contribution in [3.05, 3.63) is 75.2 Å². The van der Waals surface area contributed by atoms with Crippen molar-refractivity contribution in [2.45, 2.75) is 25.4 Å². The highest BCUT2D eigenvalue weighted by Gasteiger charge is 2.30. The van der Waals surface area contributed by atoms with Crippen LogP contribution in [0.15, 0.2) is 47.3 Å². The molecule has 150 valence electrons. The molecule has 0 bridgehead atoms. The van der Waals surface area contributed by atoms with Gasteiger partial charge in [0, 0.05) is 18.2 Å². The first-order chi connectivity index (χ1) is 13.9. The van der Waals surface area contributed by atoms with Crippen molar-refractivity contribution < 1.29 is 13.6 Å². The van der Waals surface area contributed by atoms with E-state index in [4.69, 9.17) is 11.6 Å². The van der Waals surface area contributed by atoms with Crippen LogP contribution in [0, 0.1) is 11.6 Å². The minimum atomic E-state index is -0.531. The topological polar surface area (TPSA) is 68.9 Å². The molecule has 0 radical (unpaired) electrons. The molecule has 0 atom stereocenters. The van der Waals surface area contributed by atoms with Gasteiger partial charge in [-0.2, -0.15) is 0 Å². The monoisotopic (exact) mass is 418 g/mol. The summed E-state index contributed by atoms with van der Waals surface area (Å²) in [5.41, 5.74) is 0.521. The molecule has 4 rings (SSSR count). The molecule has 1 aliphatic carbocycles. The van der Waals surface area contributed by atoms with E-state index >= 15 is 0 Å². The van der Waals surface area contributed by atoms with Gasteiger partial charge in [0.1, 0.15) is 11.6 Å². The number of nitrogens with one attached hydrogen (secondary N) is 1. The Kier molecular flexibility index (Phi) is 5.19. The highest BCUT2D eigenvalue weighted by Crippen LogP contribution is 2.36. The molecule has 6 nitrogen and oxygen atoms in total. The van der Waals surface area contributed by atoms with Crippen LogP contribution in [-0.2, 0) is 6.54 Å². The number of rotatable bonds is 6. The van der Waals surface area contributed by atoms with E-state index < -0.39 is 11.7 Å².